The van der Waals surface area contributed by atoms with Gasteiger partial charge in [-0.25, -0.2) is 8.42 Å². The molecule has 0 radical (unpaired) electrons. The van der Waals surface area contributed by atoms with Crippen LogP contribution in [0.15, 0.2) is 72.8 Å². The smallest absolute Gasteiger partial charge is 0.244 e. The number of para-hydroxylation sites is 1. The highest BCUT2D eigenvalue weighted by Crippen LogP contribution is 2.27. The van der Waals surface area contributed by atoms with E-state index < -0.39 is 34.1 Å². The Morgan fingerprint density at radius 3 is 2.05 bits per heavy atom. The van der Waals surface area contributed by atoms with Crippen LogP contribution in [0.5, 0.6) is 5.75 Å². The third kappa shape index (κ3) is 8.82. The molecule has 9 heteroatoms. The number of aryl methyl sites for hydroxylation is 2. The van der Waals surface area contributed by atoms with Crippen LogP contribution < -0.4 is 14.4 Å². The first kappa shape index (κ1) is 31.7. The Hall–Kier alpha value is -3.85. The van der Waals surface area contributed by atoms with Gasteiger partial charge in [0.15, 0.2) is 0 Å². The fourth-order valence-electron chi connectivity index (χ4n) is 4.75. The zero-order valence-electron chi connectivity index (χ0n) is 25.0. The summed E-state index contributed by atoms with van der Waals surface area (Å²) in [6.07, 6.45) is 1.34. The molecular weight excluding hydrogens is 538 g/mol. The molecule has 8 nitrogen and oxygen atoms in total. The Balaban J connectivity index is 2.12. The topological polar surface area (TPSA) is 96.0 Å². The van der Waals surface area contributed by atoms with Crippen molar-refractivity contribution in [1.82, 2.24) is 10.2 Å². The van der Waals surface area contributed by atoms with E-state index in [0.29, 0.717) is 11.4 Å². The molecule has 220 valence electrons. The second kappa shape index (κ2) is 13.2. The molecule has 0 aliphatic heterocycles. The van der Waals surface area contributed by atoms with E-state index in [0.717, 1.165) is 32.8 Å². The van der Waals surface area contributed by atoms with Gasteiger partial charge in [0.1, 0.15) is 18.3 Å². The summed E-state index contributed by atoms with van der Waals surface area (Å²) in [5.41, 5.74) is 3.00. The largest absolute Gasteiger partial charge is 0.497 e. The van der Waals surface area contributed by atoms with Crippen LogP contribution in [0.3, 0.4) is 0 Å². The molecule has 3 rings (SSSR count). The van der Waals surface area contributed by atoms with E-state index in [1.54, 1.807) is 19.2 Å². The van der Waals surface area contributed by atoms with Crippen molar-refractivity contribution < 1.29 is 22.7 Å². The molecule has 0 aliphatic rings. The summed E-state index contributed by atoms with van der Waals surface area (Å²) in [5.74, 6) is -0.205. The molecule has 1 N–H and O–H groups in total. The summed E-state index contributed by atoms with van der Waals surface area (Å²) >= 11 is 0. The number of hydrogen-bond acceptors (Lipinski definition) is 5. The van der Waals surface area contributed by atoms with E-state index in [9.17, 15) is 18.0 Å². The first-order valence-corrected chi connectivity index (χ1v) is 15.4. The van der Waals surface area contributed by atoms with Gasteiger partial charge in [-0.2, -0.15) is 0 Å². The monoisotopic (exact) mass is 579 g/mol. The number of carbonyl (C=O) groups excluding carboxylic acids is 2. The number of methoxy groups -OCH3 is 1. The highest BCUT2D eigenvalue weighted by molar-refractivity contribution is 7.92. The molecule has 0 heterocycles. The Morgan fingerprint density at radius 2 is 1.49 bits per heavy atom. The van der Waals surface area contributed by atoms with Crippen LogP contribution in [0, 0.1) is 13.8 Å². The molecule has 0 aliphatic carbocycles. The normalized spacial score (nSPS) is 12.4. The van der Waals surface area contributed by atoms with Crippen LogP contribution in [0.1, 0.15) is 43.0 Å². The molecule has 41 heavy (non-hydrogen) atoms. The molecule has 0 saturated carbocycles. The molecule has 0 aromatic heterocycles. The highest BCUT2D eigenvalue weighted by Gasteiger charge is 2.34. The van der Waals surface area contributed by atoms with Gasteiger partial charge in [0, 0.05) is 18.5 Å². The predicted octanol–water partition coefficient (Wildman–Crippen LogP) is 4.63. The number of hydrogen-bond donors (Lipinski definition) is 1. The summed E-state index contributed by atoms with van der Waals surface area (Å²) in [6, 6.07) is 21.3. The molecule has 3 aromatic carbocycles. The van der Waals surface area contributed by atoms with Gasteiger partial charge in [-0.1, -0.05) is 60.7 Å². The Kier molecular flexibility index (Phi) is 10.2. The quantitative estimate of drug-likeness (QED) is 0.357. The van der Waals surface area contributed by atoms with Crippen molar-refractivity contribution in [2.45, 2.75) is 59.2 Å². The highest BCUT2D eigenvalue weighted by atomic mass is 32.2. The van der Waals surface area contributed by atoms with Crippen LogP contribution in [0.4, 0.5) is 5.69 Å². The number of benzene rings is 3. The molecule has 2 amide bonds. The second-order valence-corrected chi connectivity index (χ2v) is 13.2. The Morgan fingerprint density at radius 1 is 0.902 bits per heavy atom. The standard InChI is InChI=1S/C32H41N3O5S/c1-23-13-11-14-24(2)30(23)35(41(7,38)39)22-29(36)34(21-26-17-12-18-27(19-26)40-6)28(31(37)33-32(3,4)5)20-25-15-9-8-10-16-25/h8-19,28H,20-22H2,1-7H3,(H,33,37)/t28-/m0/s1. The van der Waals surface area contributed by atoms with Gasteiger partial charge < -0.3 is 15.0 Å². The minimum Gasteiger partial charge on any atom is -0.497 e. The van der Waals surface area contributed by atoms with Gasteiger partial charge in [-0.05, 0) is 69.0 Å². The molecule has 0 bridgehead atoms. The lowest BCUT2D eigenvalue weighted by Gasteiger charge is -2.35. The summed E-state index contributed by atoms with van der Waals surface area (Å²) in [7, 11) is -2.28. The number of nitrogens with one attached hydrogen (secondary N) is 1. The van der Waals surface area contributed by atoms with E-state index in [2.05, 4.69) is 5.32 Å². The summed E-state index contributed by atoms with van der Waals surface area (Å²) in [4.78, 5) is 29.6. The zero-order chi connectivity index (χ0) is 30.4. The SMILES string of the molecule is COc1cccc(CN(C(=O)CN(c2c(C)cccc2C)S(C)(=O)=O)[C@@H](Cc2ccccc2)C(=O)NC(C)(C)C)c1. The molecule has 1 atom stereocenters. The van der Waals surface area contributed by atoms with Crippen molar-refractivity contribution in [2.24, 2.45) is 0 Å². The van der Waals surface area contributed by atoms with E-state index in [4.69, 9.17) is 4.74 Å². The first-order valence-electron chi connectivity index (χ1n) is 13.5. The maximum absolute atomic E-state index is 14.3. The van der Waals surface area contributed by atoms with E-state index in [1.807, 2.05) is 95.3 Å². The molecule has 0 spiro atoms. The molecule has 0 fully saturated rings. The van der Waals surface area contributed by atoms with Crippen molar-refractivity contribution in [1.29, 1.82) is 0 Å². The number of sulfonamides is 1. The minimum absolute atomic E-state index is 0.0788. The number of carbonyl (C=O) groups is 2. The molecule has 0 unspecified atom stereocenters. The lowest BCUT2D eigenvalue weighted by atomic mass is 10.0. The Labute approximate surface area is 244 Å². The van der Waals surface area contributed by atoms with Crippen molar-refractivity contribution in [3.05, 3.63) is 95.1 Å². The maximum atomic E-state index is 14.3. The van der Waals surface area contributed by atoms with Crippen LogP contribution in [-0.4, -0.2) is 56.6 Å². The number of ether oxygens (including phenoxy) is 1. The average molecular weight is 580 g/mol. The van der Waals surface area contributed by atoms with Gasteiger partial charge in [-0.15, -0.1) is 0 Å². The van der Waals surface area contributed by atoms with Crippen molar-refractivity contribution >= 4 is 27.5 Å². The van der Waals surface area contributed by atoms with Gasteiger partial charge in [-0.3, -0.25) is 13.9 Å². The lowest BCUT2D eigenvalue weighted by Crippen LogP contribution is -2.56. The number of rotatable bonds is 11. The van der Waals surface area contributed by atoms with Crippen molar-refractivity contribution in [2.75, 3.05) is 24.2 Å². The molecular formula is C32H41N3O5S. The average Bonchev–Trinajstić information content (AvgIpc) is 2.89. The van der Waals surface area contributed by atoms with Gasteiger partial charge in [0.05, 0.1) is 19.1 Å². The van der Waals surface area contributed by atoms with Gasteiger partial charge in [0.2, 0.25) is 21.8 Å². The minimum atomic E-state index is -3.84. The molecule has 0 saturated heterocycles. The summed E-state index contributed by atoms with van der Waals surface area (Å²) in [6.45, 7) is 8.89. The van der Waals surface area contributed by atoms with Gasteiger partial charge in [0.25, 0.3) is 0 Å². The van der Waals surface area contributed by atoms with Crippen LogP contribution in [0.25, 0.3) is 0 Å². The fraction of sp³-hybridized carbons (Fsp3) is 0.375. The van der Waals surface area contributed by atoms with Crippen molar-refractivity contribution in [3.63, 3.8) is 0 Å². The number of nitrogens with zero attached hydrogens (tertiary/aromatic N) is 2. The number of amides is 2. The lowest BCUT2D eigenvalue weighted by molar-refractivity contribution is -0.140. The summed E-state index contributed by atoms with van der Waals surface area (Å²) in [5, 5.41) is 3.03. The summed E-state index contributed by atoms with van der Waals surface area (Å²) < 4.78 is 32.7. The zero-order valence-corrected chi connectivity index (χ0v) is 25.8. The molecule has 3 aromatic rings. The van der Waals surface area contributed by atoms with Crippen LogP contribution >= 0.6 is 0 Å². The van der Waals surface area contributed by atoms with Crippen LogP contribution in [0.2, 0.25) is 0 Å². The van der Waals surface area contributed by atoms with E-state index in [-0.39, 0.29) is 18.9 Å². The maximum Gasteiger partial charge on any atom is 0.244 e. The second-order valence-electron chi connectivity index (χ2n) is 11.3. The fourth-order valence-corrected chi connectivity index (χ4v) is 5.71. The first-order chi connectivity index (χ1) is 19.2. The van der Waals surface area contributed by atoms with E-state index in [1.165, 1.54) is 4.90 Å². The van der Waals surface area contributed by atoms with Gasteiger partial charge >= 0.3 is 0 Å². The predicted molar refractivity (Wildman–Crippen MR) is 163 cm³/mol. The third-order valence-electron chi connectivity index (χ3n) is 6.62. The third-order valence-corrected chi connectivity index (χ3v) is 7.74. The van der Waals surface area contributed by atoms with Crippen LogP contribution in [-0.2, 0) is 32.6 Å². The van der Waals surface area contributed by atoms with E-state index >= 15 is 0 Å². The number of anilines is 1. The van der Waals surface area contributed by atoms with Crippen molar-refractivity contribution in [3.8, 4) is 5.75 Å². The Bertz CT molecular complexity index is 1450.